The number of amides is 2. The van der Waals surface area contributed by atoms with Crippen molar-refractivity contribution in [3.05, 3.63) is 58.1 Å². The second kappa shape index (κ2) is 8.71. The van der Waals surface area contributed by atoms with Crippen LogP contribution in [-0.2, 0) is 9.59 Å². The molecular formula is C17H16Cl2N2O4. The van der Waals surface area contributed by atoms with Gasteiger partial charge in [-0.25, -0.2) is 5.48 Å². The van der Waals surface area contributed by atoms with Crippen LogP contribution in [0, 0.1) is 0 Å². The molecule has 0 spiro atoms. The maximum absolute atomic E-state index is 12.3. The van der Waals surface area contributed by atoms with E-state index in [1.54, 1.807) is 29.7 Å². The molecule has 0 saturated carbocycles. The lowest BCUT2D eigenvalue weighted by Gasteiger charge is -2.18. The second-order valence-electron chi connectivity index (χ2n) is 5.40. The summed E-state index contributed by atoms with van der Waals surface area (Å²) in [6.45, 7) is 0. The summed E-state index contributed by atoms with van der Waals surface area (Å²) >= 11 is 12.0. The van der Waals surface area contributed by atoms with E-state index in [0.29, 0.717) is 21.3 Å². The van der Waals surface area contributed by atoms with Crippen molar-refractivity contribution >= 4 is 40.7 Å². The number of carbonyl (C=O) groups is 2. The van der Waals surface area contributed by atoms with Crippen LogP contribution in [0.5, 0.6) is 5.75 Å². The fraction of sp³-hybridized carbons (Fsp3) is 0.176. The number of hydrogen-bond acceptors (Lipinski definition) is 4. The van der Waals surface area contributed by atoms with Crippen molar-refractivity contribution in [1.29, 1.82) is 0 Å². The molecule has 0 aliphatic rings. The van der Waals surface area contributed by atoms with Gasteiger partial charge < -0.3 is 10.4 Å². The van der Waals surface area contributed by atoms with Gasteiger partial charge in [0, 0.05) is 40.6 Å². The van der Waals surface area contributed by atoms with Gasteiger partial charge in [0.2, 0.25) is 11.8 Å². The van der Waals surface area contributed by atoms with Crippen molar-refractivity contribution in [3.8, 4) is 5.75 Å². The van der Waals surface area contributed by atoms with E-state index in [2.05, 4.69) is 5.32 Å². The third kappa shape index (κ3) is 5.63. The Balaban J connectivity index is 2.17. The number of aromatic hydroxyl groups is 1. The lowest BCUT2D eigenvalue weighted by molar-refractivity contribution is -0.129. The molecule has 1 atom stereocenters. The molecule has 132 valence electrons. The van der Waals surface area contributed by atoms with Gasteiger partial charge in [-0.3, -0.25) is 14.8 Å². The number of nitrogens with one attached hydrogen (secondary N) is 2. The Labute approximate surface area is 154 Å². The summed E-state index contributed by atoms with van der Waals surface area (Å²) in [6, 6.07) is 10.9. The molecule has 8 heteroatoms. The average molecular weight is 383 g/mol. The van der Waals surface area contributed by atoms with Crippen molar-refractivity contribution in [2.24, 2.45) is 0 Å². The highest BCUT2D eigenvalue weighted by atomic mass is 35.5. The predicted molar refractivity (Wildman–Crippen MR) is 95.1 cm³/mol. The molecule has 0 aliphatic carbocycles. The van der Waals surface area contributed by atoms with Gasteiger partial charge in [-0.2, -0.15) is 0 Å². The van der Waals surface area contributed by atoms with Crippen LogP contribution in [0.15, 0.2) is 42.5 Å². The average Bonchev–Trinajstić information content (AvgIpc) is 2.54. The SMILES string of the molecule is O=C(CC(CC(=O)Nc1cccc(O)c1)c1ccc(Cl)cc1Cl)NO. The van der Waals surface area contributed by atoms with E-state index in [1.807, 2.05) is 0 Å². The number of hydrogen-bond donors (Lipinski definition) is 4. The number of phenolic OH excluding ortho intramolecular Hbond substituents is 1. The number of anilines is 1. The van der Waals surface area contributed by atoms with Crippen LogP contribution in [-0.4, -0.2) is 22.1 Å². The van der Waals surface area contributed by atoms with Gasteiger partial charge in [0.25, 0.3) is 0 Å². The van der Waals surface area contributed by atoms with Crippen LogP contribution >= 0.6 is 23.2 Å². The summed E-state index contributed by atoms with van der Waals surface area (Å²) in [5.74, 6) is -1.54. The van der Waals surface area contributed by atoms with E-state index >= 15 is 0 Å². The van der Waals surface area contributed by atoms with Crippen LogP contribution < -0.4 is 10.8 Å². The molecule has 0 radical (unpaired) electrons. The number of hydroxylamine groups is 1. The highest BCUT2D eigenvalue weighted by Crippen LogP contribution is 2.32. The van der Waals surface area contributed by atoms with Gasteiger partial charge in [-0.05, 0) is 29.8 Å². The summed E-state index contributed by atoms with van der Waals surface area (Å²) in [7, 11) is 0. The van der Waals surface area contributed by atoms with Gasteiger partial charge in [0.1, 0.15) is 5.75 Å². The summed E-state index contributed by atoms with van der Waals surface area (Å²) < 4.78 is 0. The highest BCUT2D eigenvalue weighted by molar-refractivity contribution is 6.35. The Morgan fingerprint density at radius 3 is 2.40 bits per heavy atom. The maximum Gasteiger partial charge on any atom is 0.243 e. The summed E-state index contributed by atoms with van der Waals surface area (Å²) in [4.78, 5) is 23.9. The Kier molecular flexibility index (Phi) is 6.64. The van der Waals surface area contributed by atoms with Gasteiger partial charge in [-0.1, -0.05) is 35.3 Å². The van der Waals surface area contributed by atoms with Gasteiger partial charge in [-0.15, -0.1) is 0 Å². The first-order chi connectivity index (χ1) is 11.9. The summed E-state index contributed by atoms with van der Waals surface area (Å²) in [5, 5.41) is 21.6. The lowest BCUT2D eigenvalue weighted by atomic mass is 9.91. The fourth-order valence-corrected chi connectivity index (χ4v) is 2.98. The van der Waals surface area contributed by atoms with E-state index in [0.717, 1.165) is 0 Å². The molecule has 1 unspecified atom stereocenters. The molecule has 6 nitrogen and oxygen atoms in total. The minimum absolute atomic E-state index is 0.0229. The molecule has 2 aromatic rings. The molecule has 0 heterocycles. The zero-order valence-electron chi connectivity index (χ0n) is 13.0. The van der Waals surface area contributed by atoms with Gasteiger partial charge >= 0.3 is 0 Å². The predicted octanol–water partition coefficient (Wildman–Crippen LogP) is 3.71. The molecule has 0 bridgehead atoms. The topological polar surface area (TPSA) is 98.7 Å². The normalized spacial score (nSPS) is 11.6. The maximum atomic E-state index is 12.3. The van der Waals surface area contributed by atoms with Crippen molar-refractivity contribution in [3.63, 3.8) is 0 Å². The first-order valence-corrected chi connectivity index (χ1v) is 8.11. The summed E-state index contributed by atoms with van der Waals surface area (Å²) in [6.07, 6.45) is -0.185. The first-order valence-electron chi connectivity index (χ1n) is 7.36. The van der Waals surface area contributed by atoms with Crippen molar-refractivity contribution in [2.75, 3.05) is 5.32 Å². The highest BCUT2D eigenvalue weighted by Gasteiger charge is 2.22. The number of rotatable bonds is 6. The van der Waals surface area contributed by atoms with Crippen LogP contribution in [0.25, 0.3) is 0 Å². The molecule has 2 aromatic carbocycles. The van der Waals surface area contributed by atoms with Crippen molar-refractivity contribution in [2.45, 2.75) is 18.8 Å². The van der Waals surface area contributed by atoms with E-state index < -0.39 is 11.8 Å². The van der Waals surface area contributed by atoms with E-state index in [4.69, 9.17) is 28.4 Å². The number of carbonyl (C=O) groups excluding carboxylic acids is 2. The Morgan fingerprint density at radius 1 is 1.04 bits per heavy atom. The quantitative estimate of drug-likeness (QED) is 0.452. The molecule has 0 aliphatic heterocycles. The Hall–Kier alpha value is -2.28. The van der Waals surface area contributed by atoms with Gasteiger partial charge in [0.05, 0.1) is 0 Å². The number of benzene rings is 2. The van der Waals surface area contributed by atoms with Gasteiger partial charge in [0.15, 0.2) is 0 Å². The smallest absolute Gasteiger partial charge is 0.243 e. The van der Waals surface area contributed by atoms with Crippen LogP contribution in [0.2, 0.25) is 10.0 Å². The minimum Gasteiger partial charge on any atom is -0.508 e. The molecule has 2 rings (SSSR count). The first kappa shape index (κ1) is 19.1. The molecule has 4 N–H and O–H groups in total. The largest absolute Gasteiger partial charge is 0.508 e. The zero-order chi connectivity index (χ0) is 18.4. The van der Waals surface area contributed by atoms with Crippen molar-refractivity contribution in [1.82, 2.24) is 5.48 Å². The van der Waals surface area contributed by atoms with Crippen LogP contribution in [0.1, 0.15) is 24.3 Å². The molecular weight excluding hydrogens is 367 g/mol. The third-order valence-corrected chi connectivity index (χ3v) is 4.08. The van der Waals surface area contributed by atoms with Crippen molar-refractivity contribution < 1.29 is 19.9 Å². The van der Waals surface area contributed by atoms with Crippen LogP contribution in [0.4, 0.5) is 5.69 Å². The summed E-state index contributed by atoms with van der Waals surface area (Å²) in [5.41, 5.74) is 2.55. The minimum atomic E-state index is -0.638. The fourth-order valence-electron chi connectivity index (χ4n) is 2.41. The number of phenols is 1. The monoisotopic (exact) mass is 382 g/mol. The lowest BCUT2D eigenvalue weighted by Crippen LogP contribution is -2.24. The molecule has 0 aromatic heterocycles. The van der Waals surface area contributed by atoms with E-state index in [9.17, 15) is 14.7 Å². The molecule has 0 fully saturated rings. The second-order valence-corrected chi connectivity index (χ2v) is 6.25. The molecule has 2 amide bonds. The Morgan fingerprint density at radius 2 is 1.76 bits per heavy atom. The standard InChI is InChI=1S/C17H16Cl2N2O4/c18-11-4-5-14(15(19)8-11)10(7-17(24)21-25)6-16(23)20-12-2-1-3-13(22)9-12/h1-5,8-10,22,25H,6-7H2,(H,20,23)(H,21,24). The Bertz CT molecular complexity index is 783. The van der Waals surface area contributed by atoms with E-state index in [-0.39, 0.29) is 24.5 Å². The third-order valence-electron chi connectivity index (χ3n) is 3.52. The van der Waals surface area contributed by atoms with E-state index in [1.165, 1.54) is 18.2 Å². The zero-order valence-corrected chi connectivity index (χ0v) is 14.5. The van der Waals surface area contributed by atoms with Crippen LogP contribution in [0.3, 0.4) is 0 Å². The molecule has 0 saturated heterocycles. The number of halogens is 2. The molecule has 25 heavy (non-hydrogen) atoms.